The smallest absolute Gasteiger partial charge is 0.240 e. The first-order valence-electron chi connectivity index (χ1n) is 6.87. The van der Waals surface area contributed by atoms with Gasteiger partial charge in [-0.1, -0.05) is 25.3 Å². The Hall–Kier alpha value is -1.07. The van der Waals surface area contributed by atoms with Crippen molar-refractivity contribution in [1.29, 1.82) is 0 Å². The maximum absolute atomic E-state index is 12.3. The number of hydrogen-bond donors (Lipinski definition) is 2. The summed E-state index contributed by atoms with van der Waals surface area (Å²) in [4.78, 5) is 0.246. The number of nitrogens with one attached hydrogen (secondary N) is 1. The number of rotatable bonds is 4. The molecule has 1 aliphatic carbocycles. The van der Waals surface area contributed by atoms with Gasteiger partial charge < -0.3 is 5.73 Å². The Kier molecular flexibility index (Phi) is 4.47. The van der Waals surface area contributed by atoms with E-state index in [1.54, 1.807) is 18.2 Å². The van der Waals surface area contributed by atoms with Crippen LogP contribution in [0.25, 0.3) is 0 Å². The molecule has 0 radical (unpaired) electrons. The molecule has 1 aromatic rings. The second kappa shape index (κ2) is 5.92. The van der Waals surface area contributed by atoms with Crippen molar-refractivity contribution in [3.05, 3.63) is 24.3 Å². The predicted molar refractivity (Wildman–Crippen MR) is 77.2 cm³/mol. The summed E-state index contributed by atoms with van der Waals surface area (Å²) in [5.41, 5.74) is 6.10. The van der Waals surface area contributed by atoms with Gasteiger partial charge >= 0.3 is 0 Å². The molecular formula is C14H22N2O2S. The lowest BCUT2D eigenvalue weighted by Crippen LogP contribution is -2.38. The minimum atomic E-state index is -3.46. The average molecular weight is 282 g/mol. The first-order chi connectivity index (χ1) is 8.99. The third kappa shape index (κ3) is 3.70. The van der Waals surface area contributed by atoms with Crippen LogP contribution in [0.1, 0.15) is 39.0 Å². The highest BCUT2D eigenvalue weighted by atomic mass is 32.2. The highest BCUT2D eigenvalue weighted by Crippen LogP contribution is 2.27. The van der Waals surface area contributed by atoms with Crippen molar-refractivity contribution < 1.29 is 8.42 Å². The van der Waals surface area contributed by atoms with E-state index in [0.717, 1.165) is 12.8 Å². The van der Waals surface area contributed by atoms with Crippen LogP contribution in [-0.4, -0.2) is 14.5 Å². The van der Waals surface area contributed by atoms with Crippen molar-refractivity contribution >= 4 is 15.7 Å². The summed E-state index contributed by atoms with van der Waals surface area (Å²) in [6.45, 7) is 1.96. The Labute approximate surface area is 115 Å². The van der Waals surface area contributed by atoms with Gasteiger partial charge in [-0.15, -0.1) is 0 Å². The molecule has 1 fully saturated rings. The molecule has 0 amide bonds. The third-order valence-electron chi connectivity index (χ3n) is 3.87. The summed E-state index contributed by atoms with van der Waals surface area (Å²) < 4.78 is 27.3. The van der Waals surface area contributed by atoms with Gasteiger partial charge in [0.05, 0.1) is 4.90 Å². The van der Waals surface area contributed by atoms with Gasteiger partial charge in [0, 0.05) is 11.7 Å². The summed E-state index contributed by atoms with van der Waals surface area (Å²) in [5, 5.41) is 0. The topological polar surface area (TPSA) is 72.2 Å². The van der Waals surface area contributed by atoms with Crippen LogP contribution < -0.4 is 10.5 Å². The second-order valence-corrected chi connectivity index (χ2v) is 7.09. The van der Waals surface area contributed by atoms with E-state index in [9.17, 15) is 8.42 Å². The Balaban J connectivity index is 2.08. The third-order valence-corrected chi connectivity index (χ3v) is 5.42. The van der Waals surface area contributed by atoms with Gasteiger partial charge in [0.1, 0.15) is 0 Å². The minimum Gasteiger partial charge on any atom is -0.399 e. The van der Waals surface area contributed by atoms with Crippen molar-refractivity contribution in [3.63, 3.8) is 0 Å². The van der Waals surface area contributed by atoms with E-state index < -0.39 is 10.0 Å². The zero-order chi connectivity index (χ0) is 13.9. The van der Waals surface area contributed by atoms with Crippen LogP contribution in [0.2, 0.25) is 0 Å². The quantitative estimate of drug-likeness (QED) is 0.833. The van der Waals surface area contributed by atoms with E-state index in [1.807, 2.05) is 6.92 Å². The zero-order valence-electron chi connectivity index (χ0n) is 11.3. The number of anilines is 1. The summed E-state index contributed by atoms with van der Waals surface area (Å²) >= 11 is 0. The molecule has 0 spiro atoms. The molecule has 1 aromatic carbocycles. The van der Waals surface area contributed by atoms with Crippen molar-refractivity contribution in [2.45, 2.75) is 50.0 Å². The Morgan fingerprint density at radius 2 is 1.95 bits per heavy atom. The fourth-order valence-electron chi connectivity index (χ4n) is 2.72. The molecule has 4 nitrogen and oxygen atoms in total. The maximum Gasteiger partial charge on any atom is 0.240 e. The number of benzene rings is 1. The van der Waals surface area contributed by atoms with Gasteiger partial charge in [-0.2, -0.15) is 0 Å². The first-order valence-corrected chi connectivity index (χ1v) is 8.35. The van der Waals surface area contributed by atoms with Crippen LogP contribution >= 0.6 is 0 Å². The average Bonchev–Trinajstić information content (AvgIpc) is 2.39. The molecule has 0 saturated heterocycles. The van der Waals surface area contributed by atoms with Crippen LogP contribution in [0.15, 0.2) is 29.2 Å². The molecule has 1 atom stereocenters. The monoisotopic (exact) mass is 282 g/mol. The van der Waals surface area contributed by atoms with Crippen molar-refractivity contribution in [3.8, 4) is 0 Å². The zero-order valence-corrected chi connectivity index (χ0v) is 12.1. The lowest BCUT2D eigenvalue weighted by molar-refractivity contribution is 0.303. The van der Waals surface area contributed by atoms with Crippen LogP contribution in [0.5, 0.6) is 0 Å². The number of nitrogen functional groups attached to an aromatic ring is 1. The molecule has 5 heteroatoms. The summed E-state index contributed by atoms with van der Waals surface area (Å²) in [6, 6.07) is 6.40. The molecule has 0 aliphatic heterocycles. The number of hydrogen-bond acceptors (Lipinski definition) is 3. The molecule has 0 heterocycles. The molecular weight excluding hydrogens is 260 g/mol. The lowest BCUT2D eigenvalue weighted by atomic mass is 9.85. The van der Waals surface area contributed by atoms with Gasteiger partial charge in [-0.3, -0.25) is 0 Å². The van der Waals surface area contributed by atoms with Gasteiger partial charge in [-0.05, 0) is 43.9 Å². The molecule has 106 valence electrons. The molecule has 1 unspecified atom stereocenters. The molecule has 0 bridgehead atoms. The largest absolute Gasteiger partial charge is 0.399 e. The van der Waals surface area contributed by atoms with Crippen LogP contribution in [0, 0.1) is 5.92 Å². The van der Waals surface area contributed by atoms with Gasteiger partial charge in [0.2, 0.25) is 10.0 Å². The van der Waals surface area contributed by atoms with E-state index in [0.29, 0.717) is 11.6 Å². The van der Waals surface area contributed by atoms with Crippen molar-refractivity contribution in [2.75, 3.05) is 5.73 Å². The Morgan fingerprint density at radius 3 is 2.58 bits per heavy atom. The van der Waals surface area contributed by atoms with Crippen LogP contribution in [-0.2, 0) is 10.0 Å². The highest BCUT2D eigenvalue weighted by molar-refractivity contribution is 7.89. The van der Waals surface area contributed by atoms with E-state index in [4.69, 9.17) is 5.73 Å². The van der Waals surface area contributed by atoms with Crippen LogP contribution in [0.4, 0.5) is 5.69 Å². The van der Waals surface area contributed by atoms with E-state index in [2.05, 4.69) is 4.72 Å². The van der Waals surface area contributed by atoms with Crippen LogP contribution in [0.3, 0.4) is 0 Å². The Bertz CT molecular complexity index is 522. The van der Waals surface area contributed by atoms with E-state index in [1.165, 1.54) is 25.3 Å². The van der Waals surface area contributed by atoms with E-state index >= 15 is 0 Å². The Morgan fingerprint density at radius 1 is 1.26 bits per heavy atom. The molecule has 19 heavy (non-hydrogen) atoms. The molecule has 1 aliphatic rings. The van der Waals surface area contributed by atoms with Gasteiger partial charge in [0.15, 0.2) is 0 Å². The molecule has 1 saturated carbocycles. The fourth-order valence-corrected chi connectivity index (χ4v) is 4.09. The predicted octanol–water partition coefficient (Wildman–Crippen LogP) is 2.52. The standard InChI is InChI=1S/C14H22N2O2S/c1-11(12-6-3-2-4-7-12)16-19(17,18)14-9-5-8-13(15)10-14/h5,8-12,16H,2-4,6-7,15H2,1H3. The summed E-state index contributed by atoms with van der Waals surface area (Å²) in [5.74, 6) is 0.449. The molecule has 3 N–H and O–H groups in total. The van der Waals surface area contributed by atoms with E-state index in [-0.39, 0.29) is 10.9 Å². The second-order valence-electron chi connectivity index (χ2n) is 5.38. The van der Waals surface area contributed by atoms with Crippen molar-refractivity contribution in [2.24, 2.45) is 5.92 Å². The first kappa shape index (κ1) is 14.3. The fraction of sp³-hybridized carbons (Fsp3) is 0.571. The number of nitrogens with two attached hydrogens (primary N) is 1. The lowest BCUT2D eigenvalue weighted by Gasteiger charge is -2.28. The summed E-state index contributed by atoms with van der Waals surface area (Å²) in [6.07, 6.45) is 5.90. The SMILES string of the molecule is CC(NS(=O)(=O)c1cccc(N)c1)C1CCCCC1. The maximum atomic E-state index is 12.3. The molecule has 0 aromatic heterocycles. The van der Waals surface area contributed by atoms with Gasteiger partial charge in [-0.25, -0.2) is 13.1 Å². The summed E-state index contributed by atoms with van der Waals surface area (Å²) in [7, 11) is -3.46. The normalized spacial score (nSPS) is 19.2. The molecule has 2 rings (SSSR count). The van der Waals surface area contributed by atoms with Crippen molar-refractivity contribution in [1.82, 2.24) is 4.72 Å². The number of sulfonamides is 1. The highest BCUT2D eigenvalue weighted by Gasteiger charge is 2.25. The van der Waals surface area contributed by atoms with Gasteiger partial charge in [0.25, 0.3) is 0 Å². The minimum absolute atomic E-state index is 0.0215.